The summed E-state index contributed by atoms with van der Waals surface area (Å²) in [5.74, 6) is -1.02. The predicted octanol–water partition coefficient (Wildman–Crippen LogP) is 2.58. The van der Waals surface area contributed by atoms with Crippen LogP contribution in [0, 0.1) is 0 Å². The molecule has 0 bridgehead atoms. The maximum absolute atomic E-state index is 12.4. The van der Waals surface area contributed by atoms with Crippen LogP contribution >= 0.6 is 11.6 Å². The first kappa shape index (κ1) is 20.2. The molecule has 3 rings (SSSR count). The van der Waals surface area contributed by atoms with E-state index in [1.54, 1.807) is 18.2 Å². The minimum Gasteiger partial charge on any atom is -0.495 e. The maximum Gasteiger partial charge on any atom is 0.313 e. The lowest BCUT2D eigenvalue weighted by molar-refractivity contribution is -0.136. The van der Waals surface area contributed by atoms with Crippen molar-refractivity contribution < 1.29 is 14.3 Å². The fraction of sp³-hybridized carbons (Fsp3) is 0.400. The molecule has 2 heterocycles. The molecule has 8 heteroatoms. The summed E-state index contributed by atoms with van der Waals surface area (Å²) in [6.07, 6.45) is 4.27. The number of nitrogens with zero attached hydrogens (tertiary/aromatic N) is 2. The van der Waals surface area contributed by atoms with Gasteiger partial charge < -0.3 is 19.9 Å². The minimum absolute atomic E-state index is 0.0277. The molecule has 1 saturated heterocycles. The van der Waals surface area contributed by atoms with Crippen LogP contribution < -0.4 is 15.4 Å². The number of methoxy groups -OCH3 is 1. The van der Waals surface area contributed by atoms with Crippen LogP contribution in [0.2, 0.25) is 5.02 Å². The molecule has 1 aliphatic rings. The monoisotopic (exact) mass is 404 g/mol. The number of halogens is 1. The summed E-state index contributed by atoms with van der Waals surface area (Å²) >= 11 is 5.97. The molecule has 0 radical (unpaired) electrons. The average molecular weight is 405 g/mol. The van der Waals surface area contributed by atoms with E-state index >= 15 is 0 Å². The Hall–Kier alpha value is -2.51. The zero-order valence-electron chi connectivity index (χ0n) is 16.1. The van der Waals surface area contributed by atoms with Gasteiger partial charge in [-0.05, 0) is 56.3 Å². The van der Waals surface area contributed by atoms with Crippen molar-refractivity contribution in [1.29, 1.82) is 0 Å². The molecule has 2 amide bonds. The summed E-state index contributed by atoms with van der Waals surface area (Å²) in [5, 5.41) is 5.77. The number of hydrogen-bond acceptors (Lipinski definition) is 4. The SMILES string of the molecule is COc1ccc(Cl)cc1NC(=O)C(=O)NCC(c1cccn1C)N1CCCC1. The van der Waals surface area contributed by atoms with E-state index in [9.17, 15) is 9.59 Å². The Morgan fingerprint density at radius 1 is 1.21 bits per heavy atom. The number of benzene rings is 1. The minimum atomic E-state index is -0.757. The number of likely N-dealkylation sites (tertiary alicyclic amines) is 1. The molecule has 0 saturated carbocycles. The lowest BCUT2D eigenvalue weighted by Crippen LogP contribution is -2.41. The van der Waals surface area contributed by atoms with Crippen molar-refractivity contribution in [2.75, 3.05) is 32.1 Å². The van der Waals surface area contributed by atoms with Crippen LogP contribution in [-0.4, -0.2) is 48.0 Å². The van der Waals surface area contributed by atoms with Gasteiger partial charge in [-0.25, -0.2) is 0 Å². The van der Waals surface area contributed by atoms with Crippen LogP contribution in [0.1, 0.15) is 24.6 Å². The Kier molecular flexibility index (Phi) is 6.59. The number of carbonyl (C=O) groups excluding carboxylic acids is 2. The Labute approximate surface area is 169 Å². The van der Waals surface area contributed by atoms with Gasteiger partial charge in [0.05, 0.1) is 18.8 Å². The van der Waals surface area contributed by atoms with Crippen LogP contribution in [0.4, 0.5) is 5.69 Å². The number of ether oxygens (including phenoxy) is 1. The Morgan fingerprint density at radius 3 is 2.61 bits per heavy atom. The van der Waals surface area contributed by atoms with Gasteiger partial charge in [0, 0.05) is 30.5 Å². The molecule has 0 spiro atoms. The fourth-order valence-corrected chi connectivity index (χ4v) is 3.69. The van der Waals surface area contributed by atoms with Gasteiger partial charge in [0.15, 0.2) is 0 Å². The number of anilines is 1. The van der Waals surface area contributed by atoms with E-state index in [-0.39, 0.29) is 6.04 Å². The first-order valence-electron chi connectivity index (χ1n) is 9.27. The first-order chi connectivity index (χ1) is 13.5. The Balaban J connectivity index is 1.65. The molecule has 1 aliphatic heterocycles. The quantitative estimate of drug-likeness (QED) is 0.725. The zero-order valence-corrected chi connectivity index (χ0v) is 16.8. The second-order valence-corrected chi connectivity index (χ2v) is 7.25. The molecule has 2 N–H and O–H groups in total. The molecule has 2 aromatic rings. The van der Waals surface area contributed by atoms with Crippen LogP contribution in [0.5, 0.6) is 5.75 Å². The summed E-state index contributed by atoms with van der Waals surface area (Å²) in [5.41, 5.74) is 1.47. The smallest absolute Gasteiger partial charge is 0.313 e. The van der Waals surface area contributed by atoms with Gasteiger partial charge in [0.25, 0.3) is 0 Å². The molecule has 1 unspecified atom stereocenters. The van der Waals surface area contributed by atoms with Crippen molar-refractivity contribution in [1.82, 2.24) is 14.8 Å². The van der Waals surface area contributed by atoms with E-state index in [2.05, 4.69) is 15.5 Å². The second-order valence-electron chi connectivity index (χ2n) is 6.81. The standard InChI is InChI=1S/C20H25ClN4O3/c1-24-9-5-6-16(24)17(25-10-3-4-11-25)13-22-19(26)20(27)23-15-12-14(21)7-8-18(15)28-2/h5-9,12,17H,3-4,10-11,13H2,1-2H3,(H,22,26)(H,23,27). The largest absolute Gasteiger partial charge is 0.495 e. The van der Waals surface area contributed by atoms with Crippen molar-refractivity contribution in [3.63, 3.8) is 0 Å². The van der Waals surface area contributed by atoms with E-state index in [4.69, 9.17) is 16.3 Å². The molecule has 0 aliphatic carbocycles. The molecule has 28 heavy (non-hydrogen) atoms. The van der Waals surface area contributed by atoms with Crippen LogP contribution in [0.3, 0.4) is 0 Å². The van der Waals surface area contributed by atoms with Gasteiger partial charge >= 0.3 is 11.8 Å². The van der Waals surface area contributed by atoms with Gasteiger partial charge in [-0.15, -0.1) is 0 Å². The van der Waals surface area contributed by atoms with Gasteiger partial charge in [-0.2, -0.15) is 0 Å². The lowest BCUT2D eigenvalue weighted by atomic mass is 10.1. The summed E-state index contributed by atoms with van der Waals surface area (Å²) in [6, 6.07) is 8.89. The second kappa shape index (κ2) is 9.12. The highest BCUT2D eigenvalue weighted by Gasteiger charge is 2.26. The molecule has 1 atom stereocenters. The molecule has 1 fully saturated rings. The number of aryl methyl sites for hydroxylation is 1. The number of carbonyl (C=O) groups is 2. The zero-order chi connectivity index (χ0) is 20.1. The third kappa shape index (κ3) is 4.66. The topological polar surface area (TPSA) is 75.6 Å². The molecule has 1 aromatic carbocycles. The maximum atomic E-state index is 12.4. The third-order valence-electron chi connectivity index (χ3n) is 4.98. The van der Waals surface area contributed by atoms with E-state index in [0.29, 0.717) is 23.0 Å². The Morgan fingerprint density at radius 2 is 1.96 bits per heavy atom. The normalized spacial score (nSPS) is 15.2. The molecular weight excluding hydrogens is 380 g/mol. The van der Waals surface area contributed by atoms with Crippen molar-refractivity contribution in [2.45, 2.75) is 18.9 Å². The predicted molar refractivity (Wildman–Crippen MR) is 109 cm³/mol. The highest BCUT2D eigenvalue weighted by molar-refractivity contribution is 6.40. The Bertz CT molecular complexity index is 846. The van der Waals surface area contributed by atoms with Gasteiger partial charge in [0.2, 0.25) is 0 Å². The third-order valence-corrected chi connectivity index (χ3v) is 5.21. The summed E-state index contributed by atoms with van der Waals surface area (Å²) in [4.78, 5) is 27.1. The van der Waals surface area contributed by atoms with Crippen molar-refractivity contribution >= 4 is 29.1 Å². The highest BCUT2D eigenvalue weighted by atomic mass is 35.5. The number of rotatable bonds is 6. The van der Waals surface area contributed by atoms with E-state index in [1.807, 2.05) is 29.9 Å². The summed E-state index contributed by atoms with van der Waals surface area (Å²) in [6.45, 7) is 2.33. The lowest BCUT2D eigenvalue weighted by Gasteiger charge is -2.28. The first-order valence-corrected chi connectivity index (χ1v) is 9.65. The number of hydrogen-bond donors (Lipinski definition) is 2. The van der Waals surface area contributed by atoms with E-state index in [1.165, 1.54) is 7.11 Å². The number of aromatic nitrogens is 1. The molecular formula is C20H25ClN4O3. The van der Waals surface area contributed by atoms with Crippen molar-refractivity contribution in [3.05, 3.63) is 47.2 Å². The van der Waals surface area contributed by atoms with E-state index < -0.39 is 11.8 Å². The van der Waals surface area contributed by atoms with E-state index in [0.717, 1.165) is 31.6 Å². The summed E-state index contributed by atoms with van der Waals surface area (Å²) in [7, 11) is 3.47. The van der Waals surface area contributed by atoms with Crippen LogP contribution in [0.15, 0.2) is 36.5 Å². The highest BCUT2D eigenvalue weighted by Crippen LogP contribution is 2.28. The van der Waals surface area contributed by atoms with Gasteiger partial charge in [-0.3, -0.25) is 14.5 Å². The average Bonchev–Trinajstić information content (AvgIpc) is 3.35. The van der Waals surface area contributed by atoms with Crippen molar-refractivity contribution in [3.8, 4) is 5.75 Å². The number of nitrogens with one attached hydrogen (secondary N) is 2. The fourth-order valence-electron chi connectivity index (χ4n) is 3.52. The summed E-state index contributed by atoms with van der Waals surface area (Å²) < 4.78 is 7.24. The van der Waals surface area contributed by atoms with Crippen LogP contribution in [-0.2, 0) is 16.6 Å². The van der Waals surface area contributed by atoms with Crippen molar-refractivity contribution in [2.24, 2.45) is 7.05 Å². The molecule has 150 valence electrons. The molecule has 7 nitrogen and oxygen atoms in total. The number of amides is 2. The van der Waals surface area contributed by atoms with Gasteiger partial charge in [0.1, 0.15) is 5.75 Å². The van der Waals surface area contributed by atoms with Gasteiger partial charge in [-0.1, -0.05) is 11.6 Å². The van der Waals surface area contributed by atoms with Crippen LogP contribution in [0.25, 0.3) is 0 Å². The molecule has 1 aromatic heterocycles.